The van der Waals surface area contributed by atoms with Crippen molar-refractivity contribution in [2.45, 2.75) is 6.42 Å². The zero-order chi connectivity index (χ0) is 14.5. The molecule has 104 valence electrons. The van der Waals surface area contributed by atoms with E-state index < -0.39 is 0 Å². The van der Waals surface area contributed by atoms with Crippen LogP contribution in [0.4, 0.5) is 5.69 Å². The van der Waals surface area contributed by atoms with Gasteiger partial charge >= 0.3 is 0 Å². The predicted octanol–water partition coefficient (Wildman–Crippen LogP) is 2.62. The average molecular weight is 334 g/mol. The van der Waals surface area contributed by atoms with Crippen LogP contribution in [0.5, 0.6) is 0 Å². The fraction of sp³-hybridized carbons (Fsp3) is 0.200. The number of anilines is 1. The van der Waals surface area contributed by atoms with E-state index in [1.165, 1.54) is 0 Å². The Morgan fingerprint density at radius 3 is 2.80 bits per heavy atom. The highest BCUT2D eigenvalue weighted by Crippen LogP contribution is 2.25. The molecule has 2 aromatic rings. The summed E-state index contributed by atoms with van der Waals surface area (Å²) in [5.41, 5.74) is 7.79. The molecule has 0 aliphatic heterocycles. The molecule has 1 aromatic carbocycles. The Labute approximate surface area is 126 Å². The van der Waals surface area contributed by atoms with E-state index in [-0.39, 0.29) is 5.91 Å². The van der Waals surface area contributed by atoms with Crippen LogP contribution in [0.15, 0.2) is 47.1 Å². The van der Waals surface area contributed by atoms with E-state index in [4.69, 9.17) is 5.73 Å². The molecule has 1 amide bonds. The summed E-state index contributed by atoms with van der Waals surface area (Å²) in [4.78, 5) is 18.3. The number of nitrogens with two attached hydrogens (primary N) is 1. The fourth-order valence-electron chi connectivity index (χ4n) is 1.92. The van der Waals surface area contributed by atoms with Crippen LogP contribution >= 0.6 is 15.9 Å². The molecule has 0 bridgehead atoms. The molecule has 1 heterocycles. The van der Waals surface area contributed by atoms with E-state index in [1.807, 2.05) is 24.3 Å². The minimum absolute atomic E-state index is 0.0717. The number of pyridine rings is 1. The number of carbonyl (C=O) groups is 1. The Morgan fingerprint density at radius 2 is 2.10 bits per heavy atom. The highest BCUT2D eigenvalue weighted by molar-refractivity contribution is 9.10. The monoisotopic (exact) mass is 333 g/mol. The topological polar surface area (TPSA) is 59.2 Å². The molecule has 0 fully saturated rings. The maximum absolute atomic E-state index is 12.5. The van der Waals surface area contributed by atoms with Crippen molar-refractivity contribution in [3.05, 3.63) is 58.3 Å². The first-order valence-corrected chi connectivity index (χ1v) is 7.10. The van der Waals surface area contributed by atoms with E-state index in [0.717, 1.165) is 15.9 Å². The lowest BCUT2D eigenvalue weighted by Gasteiger charge is -2.19. The molecule has 2 N–H and O–H groups in total. The summed E-state index contributed by atoms with van der Waals surface area (Å²) in [5.74, 6) is -0.0717. The molecule has 0 saturated carbocycles. The van der Waals surface area contributed by atoms with Crippen molar-refractivity contribution < 1.29 is 4.79 Å². The van der Waals surface area contributed by atoms with Crippen molar-refractivity contribution in [3.63, 3.8) is 0 Å². The molecule has 0 atom stereocenters. The number of carbonyl (C=O) groups excluding carboxylic acids is 1. The summed E-state index contributed by atoms with van der Waals surface area (Å²) < 4.78 is 0.882. The van der Waals surface area contributed by atoms with Gasteiger partial charge in [0.2, 0.25) is 0 Å². The second-order valence-corrected chi connectivity index (χ2v) is 5.24. The molecule has 0 aliphatic carbocycles. The summed E-state index contributed by atoms with van der Waals surface area (Å²) in [7, 11) is 1.76. The lowest BCUT2D eigenvalue weighted by molar-refractivity contribution is 0.0992. The predicted molar refractivity (Wildman–Crippen MR) is 83.9 cm³/mol. The second kappa shape index (κ2) is 6.63. The second-order valence-electron chi connectivity index (χ2n) is 4.39. The first-order chi connectivity index (χ1) is 9.63. The van der Waals surface area contributed by atoms with Crippen molar-refractivity contribution in [3.8, 4) is 0 Å². The van der Waals surface area contributed by atoms with Crippen LogP contribution < -0.4 is 10.6 Å². The minimum Gasteiger partial charge on any atom is -0.330 e. The van der Waals surface area contributed by atoms with Gasteiger partial charge in [0.05, 0.1) is 5.69 Å². The smallest absolute Gasteiger partial charge is 0.258 e. The number of aromatic nitrogens is 1. The molecule has 0 spiro atoms. The third-order valence-corrected chi connectivity index (χ3v) is 3.65. The summed E-state index contributed by atoms with van der Waals surface area (Å²) in [6.45, 7) is 0.519. The van der Waals surface area contributed by atoms with Crippen LogP contribution in [0, 0.1) is 0 Å². The summed E-state index contributed by atoms with van der Waals surface area (Å²) in [6, 6.07) is 11.1. The van der Waals surface area contributed by atoms with Gasteiger partial charge in [0.1, 0.15) is 0 Å². The summed E-state index contributed by atoms with van der Waals surface area (Å²) >= 11 is 3.45. The molecule has 20 heavy (non-hydrogen) atoms. The van der Waals surface area contributed by atoms with Gasteiger partial charge in [-0.25, -0.2) is 0 Å². The van der Waals surface area contributed by atoms with Gasteiger partial charge in [-0.3, -0.25) is 9.78 Å². The van der Waals surface area contributed by atoms with Crippen molar-refractivity contribution in [2.75, 3.05) is 18.5 Å². The number of rotatable bonds is 4. The van der Waals surface area contributed by atoms with Gasteiger partial charge in [0.15, 0.2) is 0 Å². The number of benzene rings is 1. The van der Waals surface area contributed by atoms with Crippen LogP contribution in [0.25, 0.3) is 0 Å². The minimum atomic E-state index is -0.0717. The average Bonchev–Trinajstić information content (AvgIpc) is 2.47. The Balaban J connectivity index is 2.27. The zero-order valence-electron chi connectivity index (χ0n) is 11.2. The largest absolute Gasteiger partial charge is 0.330 e. The van der Waals surface area contributed by atoms with Crippen molar-refractivity contribution in [1.82, 2.24) is 4.98 Å². The zero-order valence-corrected chi connectivity index (χ0v) is 12.8. The van der Waals surface area contributed by atoms with Crippen molar-refractivity contribution >= 4 is 27.5 Å². The molecule has 0 radical (unpaired) electrons. The number of hydrogen-bond donors (Lipinski definition) is 1. The van der Waals surface area contributed by atoms with Crippen LogP contribution in [0.1, 0.15) is 16.1 Å². The first kappa shape index (κ1) is 14.7. The molecule has 0 saturated heterocycles. The van der Waals surface area contributed by atoms with Crippen molar-refractivity contribution in [2.24, 2.45) is 5.73 Å². The van der Waals surface area contributed by atoms with E-state index >= 15 is 0 Å². The maximum atomic E-state index is 12.5. The van der Waals surface area contributed by atoms with E-state index in [2.05, 4.69) is 20.9 Å². The summed E-state index contributed by atoms with van der Waals surface area (Å²) in [6.07, 6.45) is 2.31. The molecule has 2 rings (SSSR count). The maximum Gasteiger partial charge on any atom is 0.258 e. The van der Waals surface area contributed by atoms with E-state index in [9.17, 15) is 4.79 Å². The van der Waals surface area contributed by atoms with Gasteiger partial charge in [-0.15, -0.1) is 0 Å². The van der Waals surface area contributed by atoms with Gasteiger partial charge < -0.3 is 10.6 Å². The van der Waals surface area contributed by atoms with Gasteiger partial charge in [-0.2, -0.15) is 0 Å². The van der Waals surface area contributed by atoms with Gasteiger partial charge in [0, 0.05) is 35.4 Å². The quantitative estimate of drug-likeness (QED) is 0.935. The van der Waals surface area contributed by atoms with Crippen LogP contribution in [-0.2, 0) is 6.42 Å². The van der Waals surface area contributed by atoms with Crippen LogP contribution in [-0.4, -0.2) is 24.5 Å². The lowest BCUT2D eigenvalue weighted by atomic mass is 10.1. The fourth-order valence-corrected chi connectivity index (χ4v) is 2.47. The summed E-state index contributed by atoms with van der Waals surface area (Å²) in [5, 5.41) is 0. The Bertz CT molecular complexity index is 616. The Morgan fingerprint density at radius 1 is 1.35 bits per heavy atom. The van der Waals surface area contributed by atoms with Crippen molar-refractivity contribution in [1.29, 1.82) is 0 Å². The van der Waals surface area contributed by atoms with Crippen LogP contribution in [0.2, 0.25) is 0 Å². The molecular weight excluding hydrogens is 318 g/mol. The molecular formula is C15H16BrN3O. The number of hydrogen-bond acceptors (Lipinski definition) is 3. The standard InChI is InChI=1S/C15H16BrN3O/c1-19(14-5-3-2-4-13(14)16)15(20)11-7-9-18-12(10-11)6-8-17/h2-5,7,9-10H,6,8,17H2,1H3. The number of halogens is 1. The Kier molecular flexibility index (Phi) is 4.87. The van der Waals surface area contributed by atoms with Gasteiger partial charge in [-0.05, 0) is 46.7 Å². The van der Waals surface area contributed by atoms with Crippen LogP contribution in [0.3, 0.4) is 0 Å². The van der Waals surface area contributed by atoms with E-state index in [1.54, 1.807) is 30.3 Å². The van der Waals surface area contributed by atoms with E-state index in [0.29, 0.717) is 18.5 Å². The third kappa shape index (κ3) is 3.23. The molecule has 4 nitrogen and oxygen atoms in total. The van der Waals surface area contributed by atoms with Gasteiger partial charge in [0.25, 0.3) is 5.91 Å². The van der Waals surface area contributed by atoms with Gasteiger partial charge in [-0.1, -0.05) is 12.1 Å². The third-order valence-electron chi connectivity index (χ3n) is 2.98. The molecule has 1 aromatic heterocycles. The Hall–Kier alpha value is -1.72. The first-order valence-electron chi connectivity index (χ1n) is 6.31. The normalized spacial score (nSPS) is 10.3. The highest BCUT2D eigenvalue weighted by atomic mass is 79.9. The number of amides is 1. The molecule has 5 heteroatoms. The molecule has 0 aliphatic rings. The molecule has 0 unspecified atom stereocenters. The number of para-hydroxylation sites is 1. The number of nitrogens with zero attached hydrogens (tertiary/aromatic N) is 2. The lowest BCUT2D eigenvalue weighted by Crippen LogP contribution is -2.26. The highest BCUT2D eigenvalue weighted by Gasteiger charge is 2.15. The SMILES string of the molecule is CN(C(=O)c1ccnc(CCN)c1)c1ccccc1Br.